The van der Waals surface area contributed by atoms with Gasteiger partial charge >= 0.3 is 0 Å². The van der Waals surface area contributed by atoms with E-state index in [-0.39, 0.29) is 0 Å². The maximum atomic E-state index is 3.48. The maximum Gasteiger partial charge on any atom is 0.0292 e. The van der Waals surface area contributed by atoms with Gasteiger partial charge in [0.1, 0.15) is 0 Å². The first-order chi connectivity index (χ1) is 8.79. The molecule has 1 aliphatic rings. The second kappa shape index (κ2) is 7.20. The van der Waals surface area contributed by atoms with Crippen molar-refractivity contribution >= 4 is 11.8 Å². The van der Waals surface area contributed by atoms with Crippen LogP contribution in [-0.4, -0.2) is 11.8 Å². The molecule has 100 valence electrons. The molecule has 18 heavy (non-hydrogen) atoms. The van der Waals surface area contributed by atoms with Crippen LogP contribution in [0.25, 0.3) is 0 Å². The summed E-state index contributed by atoms with van der Waals surface area (Å²) in [5.74, 6) is 0. The Morgan fingerprint density at radius 2 is 2.06 bits per heavy atom. The molecule has 1 fully saturated rings. The van der Waals surface area contributed by atoms with Gasteiger partial charge in [0, 0.05) is 16.2 Å². The third-order valence-electron chi connectivity index (χ3n) is 3.72. The van der Waals surface area contributed by atoms with Crippen LogP contribution in [0.1, 0.15) is 57.6 Å². The number of rotatable bonds is 5. The Labute approximate surface area is 116 Å². The summed E-state index contributed by atoms with van der Waals surface area (Å²) in [5.41, 5.74) is 1.41. The van der Waals surface area contributed by atoms with Crippen molar-refractivity contribution in [1.29, 1.82) is 0 Å². The second-order valence-corrected chi connectivity index (χ2v) is 6.60. The topological polar surface area (TPSA) is 12.0 Å². The summed E-state index contributed by atoms with van der Waals surface area (Å²) in [6.07, 6.45) is 7.08. The molecule has 1 aliphatic carbocycles. The van der Waals surface area contributed by atoms with Crippen LogP contribution < -0.4 is 5.32 Å². The average molecular weight is 263 g/mol. The quantitative estimate of drug-likeness (QED) is 0.820. The van der Waals surface area contributed by atoms with Crippen LogP contribution in [-0.2, 0) is 0 Å². The molecule has 1 unspecified atom stereocenters. The molecule has 2 heteroatoms. The van der Waals surface area contributed by atoms with Crippen LogP contribution in [0.5, 0.6) is 0 Å². The molecule has 0 saturated heterocycles. The molecule has 0 aliphatic heterocycles. The lowest BCUT2D eigenvalue weighted by Gasteiger charge is -2.21. The molecule has 1 nitrogen and oxygen atoms in total. The highest BCUT2D eigenvalue weighted by Crippen LogP contribution is 2.34. The zero-order valence-electron chi connectivity index (χ0n) is 11.6. The van der Waals surface area contributed by atoms with Crippen molar-refractivity contribution < 1.29 is 0 Å². The molecular formula is C16H25NS. The first-order valence-electron chi connectivity index (χ1n) is 7.29. The molecule has 0 heterocycles. The van der Waals surface area contributed by atoms with Crippen LogP contribution in [0.2, 0.25) is 0 Å². The summed E-state index contributed by atoms with van der Waals surface area (Å²) < 4.78 is 0. The van der Waals surface area contributed by atoms with Gasteiger partial charge in [0.15, 0.2) is 0 Å². The first kappa shape index (κ1) is 14.0. The summed E-state index contributed by atoms with van der Waals surface area (Å²) in [6.45, 7) is 5.44. The molecule has 1 aromatic rings. The number of nitrogens with one attached hydrogen (secondary N) is 1. The van der Waals surface area contributed by atoms with Crippen molar-refractivity contribution in [2.45, 2.75) is 62.1 Å². The molecule has 2 rings (SSSR count). The highest BCUT2D eigenvalue weighted by Gasteiger charge is 2.15. The zero-order valence-corrected chi connectivity index (χ0v) is 12.4. The van der Waals surface area contributed by atoms with Crippen LogP contribution in [0.3, 0.4) is 0 Å². The number of thioether (sulfide) groups is 1. The summed E-state index contributed by atoms with van der Waals surface area (Å²) in [6, 6.07) is 9.53. The Hall–Kier alpha value is -0.470. The number of hydrogen-bond acceptors (Lipinski definition) is 2. The molecule has 1 atom stereocenters. The monoisotopic (exact) mass is 263 g/mol. The van der Waals surface area contributed by atoms with Gasteiger partial charge in [0.25, 0.3) is 0 Å². The Bertz CT molecular complexity index is 358. The lowest BCUT2D eigenvalue weighted by atomic mass is 10.0. The Morgan fingerprint density at radius 1 is 1.28 bits per heavy atom. The Kier molecular flexibility index (Phi) is 5.58. The van der Waals surface area contributed by atoms with Gasteiger partial charge in [-0.1, -0.05) is 38.3 Å². The van der Waals surface area contributed by atoms with Crippen LogP contribution >= 0.6 is 11.8 Å². The van der Waals surface area contributed by atoms with E-state index in [1.807, 2.05) is 0 Å². The highest BCUT2D eigenvalue weighted by molar-refractivity contribution is 8.00. The molecule has 1 saturated carbocycles. The number of benzene rings is 1. The van der Waals surface area contributed by atoms with Crippen LogP contribution in [0, 0.1) is 0 Å². The third-order valence-corrected chi connectivity index (χ3v) is 5.05. The molecule has 0 spiro atoms. The summed E-state index contributed by atoms with van der Waals surface area (Å²) in [7, 11) is 0. The molecule has 0 bridgehead atoms. The molecule has 0 aromatic heterocycles. The largest absolute Gasteiger partial charge is 0.310 e. The molecular weight excluding hydrogens is 238 g/mol. The van der Waals surface area contributed by atoms with Crippen LogP contribution in [0.15, 0.2) is 29.2 Å². The van der Waals surface area contributed by atoms with E-state index >= 15 is 0 Å². The van der Waals surface area contributed by atoms with Crippen molar-refractivity contribution in [3.63, 3.8) is 0 Å². The van der Waals surface area contributed by atoms with Crippen molar-refractivity contribution in [3.8, 4) is 0 Å². The van der Waals surface area contributed by atoms with E-state index in [2.05, 4.69) is 55.2 Å². The second-order valence-electron chi connectivity index (χ2n) is 5.23. The van der Waals surface area contributed by atoms with E-state index in [0.29, 0.717) is 6.04 Å². The smallest absolute Gasteiger partial charge is 0.0292 e. The van der Waals surface area contributed by atoms with E-state index in [1.165, 1.54) is 42.6 Å². The Morgan fingerprint density at radius 3 is 2.78 bits per heavy atom. The lowest BCUT2D eigenvalue weighted by Crippen LogP contribution is -2.17. The maximum absolute atomic E-state index is 3.48. The van der Waals surface area contributed by atoms with E-state index in [9.17, 15) is 0 Å². The van der Waals surface area contributed by atoms with Gasteiger partial charge in [-0.25, -0.2) is 0 Å². The molecule has 1 aromatic carbocycles. The minimum atomic E-state index is 0.460. The van der Waals surface area contributed by atoms with E-state index in [4.69, 9.17) is 0 Å². The van der Waals surface area contributed by atoms with Gasteiger partial charge in [0.2, 0.25) is 0 Å². The predicted molar refractivity (Wildman–Crippen MR) is 81.3 cm³/mol. The first-order valence-corrected chi connectivity index (χ1v) is 8.17. The summed E-state index contributed by atoms with van der Waals surface area (Å²) in [5, 5.41) is 4.33. The summed E-state index contributed by atoms with van der Waals surface area (Å²) in [4.78, 5) is 1.45. The third kappa shape index (κ3) is 4.03. The molecule has 1 N–H and O–H groups in total. The van der Waals surface area contributed by atoms with Crippen molar-refractivity contribution in [1.82, 2.24) is 5.32 Å². The fraction of sp³-hybridized carbons (Fsp3) is 0.625. The van der Waals surface area contributed by atoms with Gasteiger partial charge in [-0.05, 0) is 44.0 Å². The van der Waals surface area contributed by atoms with Gasteiger partial charge in [-0.15, -0.1) is 11.8 Å². The minimum Gasteiger partial charge on any atom is -0.310 e. The van der Waals surface area contributed by atoms with Gasteiger partial charge in [0.05, 0.1) is 0 Å². The minimum absolute atomic E-state index is 0.460. The van der Waals surface area contributed by atoms with Gasteiger partial charge in [-0.2, -0.15) is 0 Å². The van der Waals surface area contributed by atoms with E-state index in [1.54, 1.807) is 0 Å². The van der Waals surface area contributed by atoms with Crippen molar-refractivity contribution in [2.75, 3.05) is 6.54 Å². The fourth-order valence-electron chi connectivity index (χ4n) is 2.66. The predicted octanol–water partition coefficient (Wildman–Crippen LogP) is 4.78. The van der Waals surface area contributed by atoms with E-state index < -0.39 is 0 Å². The van der Waals surface area contributed by atoms with Gasteiger partial charge in [-0.3, -0.25) is 0 Å². The number of hydrogen-bond donors (Lipinski definition) is 1. The van der Waals surface area contributed by atoms with Crippen LogP contribution in [0.4, 0.5) is 0 Å². The Balaban J connectivity index is 1.97. The lowest BCUT2D eigenvalue weighted by molar-refractivity contribution is 0.516. The highest BCUT2D eigenvalue weighted by atomic mass is 32.2. The normalized spacial score (nSPS) is 18.8. The standard InChI is InChI=1S/C16H25NS/c1-3-17-13(2)14-8-7-11-16(12-14)18-15-9-5-4-6-10-15/h7-8,11-13,15,17H,3-6,9-10H2,1-2H3. The zero-order chi connectivity index (χ0) is 12.8. The molecule has 0 amide bonds. The molecule has 0 radical (unpaired) electrons. The van der Waals surface area contributed by atoms with E-state index in [0.717, 1.165) is 11.8 Å². The SMILES string of the molecule is CCNC(C)c1cccc(SC2CCCCC2)c1. The van der Waals surface area contributed by atoms with Crippen molar-refractivity contribution in [2.24, 2.45) is 0 Å². The average Bonchev–Trinajstić information content (AvgIpc) is 2.40. The van der Waals surface area contributed by atoms with Gasteiger partial charge < -0.3 is 5.32 Å². The fourth-order valence-corrected chi connectivity index (χ4v) is 3.97. The van der Waals surface area contributed by atoms with Crippen molar-refractivity contribution in [3.05, 3.63) is 29.8 Å². The summed E-state index contributed by atoms with van der Waals surface area (Å²) >= 11 is 2.09.